The molecule has 31 heavy (non-hydrogen) atoms. The van der Waals surface area contributed by atoms with Gasteiger partial charge in [0.1, 0.15) is 6.10 Å². The van der Waals surface area contributed by atoms with E-state index in [0.29, 0.717) is 0 Å². The van der Waals surface area contributed by atoms with Crippen LogP contribution in [0.4, 0.5) is 0 Å². The van der Waals surface area contributed by atoms with Gasteiger partial charge in [0.25, 0.3) is 0 Å². The average Bonchev–Trinajstić information content (AvgIpc) is 2.76. The summed E-state index contributed by atoms with van der Waals surface area (Å²) in [6.45, 7) is 1.75. The fourth-order valence-corrected chi connectivity index (χ4v) is 3.97. The van der Waals surface area contributed by atoms with Crippen LogP contribution in [0, 0.1) is 0 Å². The summed E-state index contributed by atoms with van der Waals surface area (Å²) in [7, 11) is -4.15. The number of hydrogen-bond donors (Lipinski definition) is 3. The first-order valence-corrected chi connectivity index (χ1v) is 13.8. The Bertz CT molecular complexity index is 450. The Morgan fingerprint density at radius 3 is 1.87 bits per heavy atom. The SMILES string of the molecule is CCCCCCCCCCCCCCCCC=COC(CO)COP(=O)(O)OCCN. The maximum atomic E-state index is 11.5. The minimum absolute atomic E-state index is 0.0719. The molecule has 0 heterocycles. The molecule has 4 N–H and O–H groups in total. The minimum Gasteiger partial charge on any atom is -0.494 e. The Balaban J connectivity index is 3.48. The van der Waals surface area contributed by atoms with Gasteiger partial charge in [0.2, 0.25) is 0 Å². The second-order valence-corrected chi connectivity index (χ2v) is 9.54. The molecule has 0 amide bonds. The fourth-order valence-electron chi connectivity index (χ4n) is 3.21. The van der Waals surface area contributed by atoms with Crippen LogP contribution in [-0.4, -0.2) is 42.5 Å². The molecule has 0 bridgehead atoms. The monoisotopic (exact) mass is 465 g/mol. The van der Waals surface area contributed by atoms with Crippen molar-refractivity contribution in [3.63, 3.8) is 0 Å². The lowest BCUT2D eigenvalue weighted by Gasteiger charge is -2.16. The van der Waals surface area contributed by atoms with Gasteiger partial charge in [-0.25, -0.2) is 4.57 Å². The van der Waals surface area contributed by atoms with E-state index in [9.17, 15) is 14.6 Å². The lowest BCUT2D eigenvalue weighted by atomic mass is 10.0. The van der Waals surface area contributed by atoms with Crippen LogP contribution in [0.3, 0.4) is 0 Å². The van der Waals surface area contributed by atoms with Crippen molar-refractivity contribution in [2.75, 3.05) is 26.4 Å². The normalized spacial score (nSPS) is 14.7. The zero-order valence-electron chi connectivity index (χ0n) is 19.7. The smallest absolute Gasteiger partial charge is 0.472 e. The number of aliphatic hydroxyl groups excluding tert-OH is 1. The highest BCUT2D eigenvalue weighted by Gasteiger charge is 2.23. The van der Waals surface area contributed by atoms with Crippen molar-refractivity contribution in [2.24, 2.45) is 5.73 Å². The van der Waals surface area contributed by atoms with Gasteiger partial charge in [-0.2, -0.15) is 0 Å². The first kappa shape index (κ1) is 30.6. The maximum absolute atomic E-state index is 11.5. The molecule has 2 unspecified atom stereocenters. The molecule has 0 spiro atoms. The third-order valence-electron chi connectivity index (χ3n) is 5.09. The number of hydrogen-bond acceptors (Lipinski definition) is 6. The van der Waals surface area contributed by atoms with Gasteiger partial charge in [0.15, 0.2) is 0 Å². The van der Waals surface area contributed by atoms with Crippen molar-refractivity contribution in [3.8, 4) is 0 Å². The molecule has 186 valence electrons. The summed E-state index contributed by atoms with van der Waals surface area (Å²) >= 11 is 0. The van der Waals surface area contributed by atoms with E-state index in [-0.39, 0.29) is 26.4 Å². The molecule has 8 heteroatoms. The Kier molecular flexibility index (Phi) is 22.4. The summed E-state index contributed by atoms with van der Waals surface area (Å²) in [6, 6.07) is 0. The predicted octanol–water partition coefficient (Wildman–Crippen LogP) is 5.84. The molecule has 0 aromatic rings. The number of ether oxygens (including phenoxy) is 1. The van der Waals surface area contributed by atoms with Gasteiger partial charge in [-0.3, -0.25) is 9.05 Å². The molecule has 0 aromatic heterocycles. The predicted molar refractivity (Wildman–Crippen MR) is 127 cm³/mol. The fraction of sp³-hybridized carbons (Fsp3) is 0.913. The van der Waals surface area contributed by atoms with E-state index >= 15 is 0 Å². The second kappa shape index (κ2) is 22.8. The van der Waals surface area contributed by atoms with Gasteiger partial charge < -0.3 is 20.5 Å². The van der Waals surface area contributed by atoms with Crippen LogP contribution in [0.25, 0.3) is 0 Å². The lowest BCUT2D eigenvalue weighted by molar-refractivity contribution is 0.0257. The van der Waals surface area contributed by atoms with Gasteiger partial charge in [0, 0.05) is 6.54 Å². The molecule has 0 saturated carbocycles. The number of rotatable bonds is 24. The molecular formula is C23H48NO6P. The first-order chi connectivity index (χ1) is 15.1. The van der Waals surface area contributed by atoms with Crippen LogP contribution in [-0.2, 0) is 18.3 Å². The molecule has 0 rings (SSSR count). The lowest BCUT2D eigenvalue weighted by Crippen LogP contribution is -2.22. The van der Waals surface area contributed by atoms with E-state index in [1.165, 1.54) is 89.7 Å². The summed E-state index contributed by atoms with van der Waals surface area (Å²) in [5.41, 5.74) is 5.21. The number of phosphoric acid groups is 1. The van der Waals surface area contributed by atoms with Crippen LogP contribution in [0.15, 0.2) is 12.3 Å². The highest BCUT2D eigenvalue weighted by Crippen LogP contribution is 2.42. The van der Waals surface area contributed by atoms with E-state index in [1.807, 2.05) is 6.08 Å². The number of aliphatic hydroxyl groups is 1. The van der Waals surface area contributed by atoms with Gasteiger partial charge in [-0.1, -0.05) is 90.4 Å². The van der Waals surface area contributed by atoms with Gasteiger partial charge in [-0.05, 0) is 18.9 Å². The van der Waals surface area contributed by atoms with Gasteiger partial charge >= 0.3 is 7.82 Å². The van der Waals surface area contributed by atoms with Crippen molar-refractivity contribution in [3.05, 3.63) is 12.3 Å². The van der Waals surface area contributed by atoms with E-state index in [0.717, 1.165) is 12.8 Å². The van der Waals surface area contributed by atoms with Crippen LogP contribution in [0.2, 0.25) is 0 Å². The Hall–Kier alpha value is -0.430. The molecule has 2 atom stereocenters. The number of allylic oxidation sites excluding steroid dienone is 1. The molecule has 0 aliphatic rings. The van der Waals surface area contributed by atoms with Crippen molar-refractivity contribution >= 4 is 7.82 Å². The number of nitrogens with two attached hydrogens (primary N) is 1. The first-order valence-electron chi connectivity index (χ1n) is 12.3. The van der Waals surface area contributed by atoms with Crippen molar-refractivity contribution < 1.29 is 28.3 Å². The van der Waals surface area contributed by atoms with E-state index in [4.69, 9.17) is 15.0 Å². The summed E-state index contributed by atoms with van der Waals surface area (Å²) < 4.78 is 26.3. The van der Waals surface area contributed by atoms with Crippen LogP contribution in [0.1, 0.15) is 103 Å². The van der Waals surface area contributed by atoms with Crippen LogP contribution < -0.4 is 5.73 Å². The Morgan fingerprint density at radius 1 is 0.871 bits per heavy atom. The summed E-state index contributed by atoms with van der Waals surface area (Å²) in [5, 5.41) is 9.26. The second-order valence-electron chi connectivity index (χ2n) is 8.08. The molecule has 0 fully saturated rings. The van der Waals surface area contributed by atoms with Gasteiger partial charge in [-0.15, -0.1) is 0 Å². The van der Waals surface area contributed by atoms with Crippen molar-refractivity contribution in [2.45, 2.75) is 109 Å². The maximum Gasteiger partial charge on any atom is 0.472 e. The molecule has 0 aliphatic heterocycles. The third kappa shape index (κ3) is 22.6. The zero-order chi connectivity index (χ0) is 23.0. The molecule has 0 saturated heterocycles. The van der Waals surface area contributed by atoms with E-state index in [2.05, 4.69) is 11.4 Å². The molecule has 7 nitrogen and oxygen atoms in total. The average molecular weight is 466 g/mol. The van der Waals surface area contributed by atoms with E-state index in [1.54, 1.807) is 0 Å². The number of unbranched alkanes of at least 4 members (excludes halogenated alkanes) is 14. The number of phosphoric ester groups is 1. The minimum atomic E-state index is -4.15. The van der Waals surface area contributed by atoms with Crippen LogP contribution >= 0.6 is 7.82 Å². The van der Waals surface area contributed by atoms with E-state index < -0.39 is 13.9 Å². The molecule has 0 aromatic carbocycles. The van der Waals surface area contributed by atoms with Crippen LogP contribution in [0.5, 0.6) is 0 Å². The molecule has 0 radical (unpaired) electrons. The van der Waals surface area contributed by atoms with Gasteiger partial charge in [0.05, 0.1) is 26.1 Å². The topological polar surface area (TPSA) is 111 Å². The summed E-state index contributed by atoms with van der Waals surface area (Å²) in [6.07, 6.45) is 22.4. The zero-order valence-corrected chi connectivity index (χ0v) is 20.6. The standard InChI is InChI=1S/C23H48NO6P/c1-2-3-4-5-6-7-8-9-10-11-12-13-14-15-16-17-19-28-23(21-25)22-30-31(26,27)29-20-18-24/h17,19,23,25H,2-16,18,20-22,24H2,1H3,(H,26,27). The largest absolute Gasteiger partial charge is 0.494 e. The Morgan fingerprint density at radius 2 is 1.39 bits per heavy atom. The van der Waals surface area contributed by atoms with Crippen molar-refractivity contribution in [1.82, 2.24) is 0 Å². The highest BCUT2D eigenvalue weighted by molar-refractivity contribution is 7.47. The summed E-state index contributed by atoms with van der Waals surface area (Å²) in [5.74, 6) is 0. The summed E-state index contributed by atoms with van der Waals surface area (Å²) in [4.78, 5) is 9.41. The quantitative estimate of drug-likeness (QED) is 0.0932. The van der Waals surface area contributed by atoms with Crippen molar-refractivity contribution in [1.29, 1.82) is 0 Å². The highest BCUT2D eigenvalue weighted by atomic mass is 31.2. The third-order valence-corrected chi connectivity index (χ3v) is 6.08. The molecular weight excluding hydrogens is 417 g/mol. The Labute approximate surface area is 190 Å². The molecule has 0 aliphatic carbocycles.